The van der Waals surface area contributed by atoms with E-state index in [-0.39, 0.29) is 6.10 Å². The van der Waals surface area contributed by atoms with Gasteiger partial charge < -0.3 is 10.4 Å². The van der Waals surface area contributed by atoms with Crippen LogP contribution in [0.2, 0.25) is 0 Å². The van der Waals surface area contributed by atoms with E-state index in [1.165, 1.54) is 6.42 Å². The number of nitrogens with zero attached hydrogens (tertiary/aromatic N) is 1. The van der Waals surface area contributed by atoms with Gasteiger partial charge in [0.05, 0.1) is 17.7 Å². The number of aliphatic hydroxyl groups is 1. The fraction of sp³-hybridized carbons (Fsp3) is 0.533. The van der Waals surface area contributed by atoms with Crippen molar-refractivity contribution in [3.05, 3.63) is 29.3 Å². The van der Waals surface area contributed by atoms with Crippen molar-refractivity contribution in [2.75, 3.05) is 11.9 Å². The SMILES string of the molecule is Cc1cc(NCC2CCCC(O)C2)ccc1C#N. The van der Waals surface area contributed by atoms with Crippen LogP contribution in [-0.2, 0) is 0 Å². The topological polar surface area (TPSA) is 56.0 Å². The molecule has 1 fully saturated rings. The molecular formula is C15H20N2O. The average molecular weight is 244 g/mol. The molecule has 0 amide bonds. The summed E-state index contributed by atoms with van der Waals surface area (Å²) in [5, 5.41) is 21.9. The minimum absolute atomic E-state index is 0.117. The van der Waals surface area contributed by atoms with Crippen LogP contribution >= 0.6 is 0 Å². The molecule has 0 spiro atoms. The molecule has 1 aromatic rings. The molecule has 2 atom stereocenters. The van der Waals surface area contributed by atoms with Crippen LogP contribution in [0.5, 0.6) is 0 Å². The Labute approximate surface area is 108 Å². The van der Waals surface area contributed by atoms with Gasteiger partial charge >= 0.3 is 0 Å². The number of nitrogens with one attached hydrogen (secondary N) is 1. The summed E-state index contributed by atoms with van der Waals surface area (Å²) >= 11 is 0. The molecule has 3 heteroatoms. The van der Waals surface area contributed by atoms with Crippen LogP contribution in [0.3, 0.4) is 0 Å². The highest BCUT2D eigenvalue weighted by Crippen LogP contribution is 2.25. The number of benzene rings is 1. The van der Waals surface area contributed by atoms with Gasteiger partial charge in [-0.2, -0.15) is 5.26 Å². The van der Waals surface area contributed by atoms with E-state index in [4.69, 9.17) is 5.26 Å². The fourth-order valence-electron chi connectivity index (χ4n) is 2.61. The molecule has 3 nitrogen and oxygen atoms in total. The normalized spacial score (nSPS) is 23.4. The standard InChI is InChI=1S/C15H20N2O/c1-11-7-14(6-5-13(11)9-16)17-10-12-3-2-4-15(18)8-12/h5-7,12,15,17-18H,2-4,8,10H2,1H3. The molecule has 0 saturated heterocycles. The van der Waals surface area contributed by atoms with Gasteiger partial charge in [-0.3, -0.25) is 0 Å². The molecule has 0 bridgehead atoms. The van der Waals surface area contributed by atoms with Crippen LogP contribution in [0.1, 0.15) is 36.8 Å². The lowest BCUT2D eigenvalue weighted by atomic mass is 9.87. The first-order valence-electron chi connectivity index (χ1n) is 6.61. The minimum atomic E-state index is -0.117. The summed E-state index contributed by atoms with van der Waals surface area (Å²) < 4.78 is 0. The third-order valence-corrected chi connectivity index (χ3v) is 3.70. The number of rotatable bonds is 3. The summed E-state index contributed by atoms with van der Waals surface area (Å²) in [6.07, 6.45) is 4.06. The third-order valence-electron chi connectivity index (χ3n) is 3.70. The second-order valence-corrected chi connectivity index (χ2v) is 5.21. The van der Waals surface area contributed by atoms with Crippen molar-refractivity contribution in [2.45, 2.75) is 38.7 Å². The van der Waals surface area contributed by atoms with Gasteiger partial charge in [0.2, 0.25) is 0 Å². The van der Waals surface area contributed by atoms with Crippen LogP contribution in [0.4, 0.5) is 5.69 Å². The Morgan fingerprint density at radius 1 is 1.44 bits per heavy atom. The third kappa shape index (κ3) is 3.24. The zero-order valence-corrected chi connectivity index (χ0v) is 10.8. The predicted molar refractivity (Wildman–Crippen MR) is 72.3 cm³/mol. The van der Waals surface area contributed by atoms with Crippen molar-refractivity contribution in [3.8, 4) is 6.07 Å². The second kappa shape index (κ2) is 5.88. The van der Waals surface area contributed by atoms with E-state index in [9.17, 15) is 5.11 Å². The van der Waals surface area contributed by atoms with Crippen molar-refractivity contribution in [3.63, 3.8) is 0 Å². The van der Waals surface area contributed by atoms with Crippen molar-refractivity contribution < 1.29 is 5.11 Å². The molecule has 2 rings (SSSR count). The maximum Gasteiger partial charge on any atom is 0.0994 e. The molecule has 1 aliphatic rings. The number of aryl methyl sites for hydroxylation is 1. The Balaban J connectivity index is 1.90. The van der Waals surface area contributed by atoms with E-state index in [0.717, 1.165) is 42.6 Å². The second-order valence-electron chi connectivity index (χ2n) is 5.21. The van der Waals surface area contributed by atoms with E-state index in [1.807, 2.05) is 25.1 Å². The number of hydrogen-bond donors (Lipinski definition) is 2. The molecule has 2 N–H and O–H groups in total. The van der Waals surface area contributed by atoms with E-state index < -0.39 is 0 Å². The van der Waals surface area contributed by atoms with Gasteiger partial charge in [0.1, 0.15) is 0 Å². The van der Waals surface area contributed by atoms with Gasteiger partial charge in [-0.15, -0.1) is 0 Å². The Morgan fingerprint density at radius 3 is 2.94 bits per heavy atom. The van der Waals surface area contributed by atoms with Crippen molar-refractivity contribution in [1.29, 1.82) is 5.26 Å². The van der Waals surface area contributed by atoms with Crippen LogP contribution in [-0.4, -0.2) is 17.8 Å². The molecule has 96 valence electrons. The monoisotopic (exact) mass is 244 g/mol. The van der Waals surface area contributed by atoms with Crippen LogP contribution in [0, 0.1) is 24.2 Å². The fourth-order valence-corrected chi connectivity index (χ4v) is 2.61. The highest BCUT2D eigenvalue weighted by Gasteiger charge is 2.19. The maximum atomic E-state index is 9.63. The van der Waals surface area contributed by atoms with Gasteiger partial charge in [0.15, 0.2) is 0 Å². The summed E-state index contributed by atoms with van der Waals surface area (Å²) in [5.41, 5.74) is 2.80. The molecule has 1 saturated carbocycles. The Hall–Kier alpha value is -1.53. The molecule has 1 aromatic carbocycles. The zero-order valence-electron chi connectivity index (χ0n) is 10.8. The van der Waals surface area contributed by atoms with E-state index >= 15 is 0 Å². The largest absolute Gasteiger partial charge is 0.393 e. The lowest BCUT2D eigenvalue weighted by molar-refractivity contribution is 0.105. The van der Waals surface area contributed by atoms with E-state index in [1.54, 1.807) is 0 Å². The van der Waals surface area contributed by atoms with Crippen LogP contribution in [0.25, 0.3) is 0 Å². The molecule has 18 heavy (non-hydrogen) atoms. The molecule has 0 aliphatic heterocycles. The molecule has 0 heterocycles. The van der Waals surface area contributed by atoms with Crippen molar-refractivity contribution >= 4 is 5.69 Å². The first kappa shape index (κ1) is 12.9. The Kier molecular flexibility index (Phi) is 4.22. The average Bonchev–Trinajstić information content (AvgIpc) is 2.37. The number of aliphatic hydroxyl groups excluding tert-OH is 1. The highest BCUT2D eigenvalue weighted by atomic mass is 16.3. The number of hydrogen-bond acceptors (Lipinski definition) is 3. The molecule has 0 aromatic heterocycles. The quantitative estimate of drug-likeness (QED) is 0.859. The van der Waals surface area contributed by atoms with Gasteiger partial charge in [0, 0.05) is 12.2 Å². The number of nitriles is 1. The van der Waals surface area contributed by atoms with Gasteiger partial charge in [-0.05, 0) is 55.9 Å². The number of anilines is 1. The van der Waals surface area contributed by atoms with Crippen molar-refractivity contribution in [1.82, 2.24) is 0 Å². The van der Waals surface area contributed by atoms with Gasteiger partial charge in [-0.25, -0.2) is 0 Å². The van der Waals surface area contributed by atoms with Gasteiger partial charge in [0.25, 0.3) is 0 Å². The lowest BCUT2D eigenvalue weighted by Gasteiger charge is -2.26. The molecule has 0 radical (unpaired) electrons. The first-order chi connectivity index (χ1) is 8.69. The summed E-state index contributed by atoms with van der Waals surface area (Å²) in [5.74, 6) is 0.560. The summed E-state index contributed by atoms with van der Waals surface area (Å²) in [4.78, 5) is 0. The highest BCUT2D eigenvalue weighted by molar-refractivity contribution is 5.51. The molecule has 2 unspecified atom stereocenters. The molecular weight excluding hydrogens is 224 g/mol. The Bertz CT molecular complexity index is 450. The molecule has 1 aliphatic carbocycles. The first-order valence-corrected chi connectivity index (χ1v) is 6.61. The zero-order chi connectivity index (χ0) is 13.0. The van der Waals surface area contributed by atoms with E-state index in [0.29, 0.717) is 5.92 Å². The van der Waals surface area contributed by atoms with Crippen LogP contribution in [0.15, 0.2) is 18.2 Å². The summed E-state index contributed by atoms with van der Waals surface area (Å²) in [6, 6.07) is 7.99. The van der Waals surface area contributed by atoms with Gasteiger partial charge in [-0.1, -0.05) is 6.42 Å². The minimum Gasteiger partial charge on any atom is -0.393 e. The predicted octanol–water partition coefficient (Wildman–Crippen LogP) is 2.83. The maximum absolute atomic E-state index is 9.63. The van der Waals surface area contributed by atoms with Crippen LogP contribution < -0.4 is 5.32 Å². The van der Waals surface area contributed by atoms with E-state index in [2.05, 4.69) is 11.4 Å². The Morgan fingerprint density at radius 2 is 2.28 bits per heavy atom. The smallest absolute Gasteiger partial charge is 0.0994 e. The summed E-state index contributed by atoms with van der Waals surface area (Å²) in [6.45, 7) is 2.86. The van der Waals surface area contributed by atoms with Crippen molar-refractivity contribution in [2.24, 2.45) is 5.92 Å². The lowest BCUT2D eigenvalue weighted by Crippen LogP contribution is -2.25. The summed E-state index contributed by atoms with van der Waals surface area (Å²) in [7, 11) is 0.